The molecule has 114 valence electrons. The Morgan fingerprint density at radius 3 is 2.71 bits per heavy atom. The van der Waals surface area contributed by atoms with Crippen LogP contribution in [0.25, 0.3) is 0 Å². The summed E-state index contributed by atoms with van der Waals surface area (Å²) in [4.78, 5) is 12.6. The molecule has 2 unspecified atom stereocenters. The monoisotopic (exact) mass is 310 g/mol. The number of fused-ring (bicyclic) bond motifs is 2. The fourth-order valence-corrected chi connectivity index (χ4v) is 4.98. The highest BCUT2D eigenvalue weighted by molar-refractivity contribution is 7.91. The van der Waals surface area contributed by atoms with Crippen LogP contribution in [0.2, 0.25) is 0 Å². The number of esters is 1. The van der Waals surface area contributed by atoms with Crippen molar-refractivity contribution in [2.45, 2.75) is 42.8 Å². The molecule has 5 nitrogen and oxygen atoms in total. The van der Waals surface area contributed by atoms with Crippen molar-refractivity contribution in [3.8, 4) is 0 Å². The predicted molar refractivity (Wildman–Crippen MR) is 75.5 cm³/mol. The van der Waals surface area contributed by atoms with E-state index in [2.05, 4.69) is 0 Å². The Balaban J connectivity index is 2.12. The van der Waals surface area contributed by atoms with E-state index in [4.69, 9.17) is 9.47 Å². The van der Waals surface area contributed by atoms with Crippen LogP contribution >= 0.6 is 0 Å². The van der Waals surface area contributed by atoms with Gasteiger partial charge in [0.25, 0.3) is 0 Å². The van der Waals surface area contributed by atoms with E-state index in [1.54, 1.807) is 31.2 Å². The normalized spacial score (nSPS) is 32.5. The van der Waals surface area contributed by atoms with E-state index in [1.165, 1.54) is 0 Å². The molecule has 2 aliphatic heterocycles. The first-order chi connectivity index (χ1) is 9.93. The Kier molecular flexibility index (Phi) is 3.15. The van der Waals surface area contributed by atoms with E-state index in [9.17, 15) is 13.2 Å². The zero-order chi connectivity index (χ0) is 15.3. The smallest absolute Gasteiger partial charge is 0.341 e. The molecule has 1 fully saturated rings. The first-order valence-electron chi connectivity index (χ1n) is 7.13. The molecule has 3 rings (SSSR count). The molecule has 0 aromatic heterocycles. The first-order valence-corrected chi connectivity index (χ1v) is 8.78. The Morgan fingerprint density at radius 2 is 2.05 bits per heavy atom. The van der Waals surface area contributed by atoms with Crippen molar-refractivity contribution in [2.75, 3.05) is 12.4 Å². The van der Waals surface area contributed by atoms with Gasteiger partial charge in [-0.2, -0.15) is 0 Å². The van der Waals surface area contributed by atoms with Gasteiger partial charge in [-0.05, 0) is 25.8 Å². The van der Waals surface area contributed by atoms with E-state index >= 15 is 0 Å². The third kappa shape index (κ3) is 1.78. The highest BCUT2D eigenvalue weighted by Crippen LogP contribution is 2.63. The standard InChI is InChI=1S/C15H18O5S/c1-3-14(13(16)19-4-2)15(20-14)9-10-21(17,18)12-8-6-5-7-11(12)15/h5-8H,3-4,9-10H2,1-2H3. The number of rotatable bonds is 3. The van der Waals surface area contributed by atoms with Crippen molar-refractivity contribution in [2.24, 2.45) is 0 Å². The van der Waals surface area contributed by atoms with Crippen LogP contribution in [0, 0.1) is 0 Å². The Hall–Kier alpha value is -1.40. The molecule has 0 aliphatic carbocycles. The van der Waals surface area contributed by atoms with Gasteiger partial charge in [0, 0.05) is 5.56 Å². The largest absolute Gasteiger partial charge is 0.464 e. The van der Waals surface area contributed by atoms with Crippen molar-refractivity contribution in [1.29, 1.82) is 0 Å². The topological polar surface area (TPSA) is 73.0 Å². The number of hydrogen-bond donors (Lipinski definition) is 0. The fourth-order valence-electron chi connectivity index (χ4n) is 3.35. The maximum absolute atomic E-state index is 12.3. The molecular weight excluding hydrogens is 292 g/mol. The second kappa shape index (κ2) is 4.55. The summed E-state index contributed by atoms with van der Waals surface area (Å²) in [7, 11) is -3.30. The summed E-state index contributed by atoms with van der Waals surface area (Å²) >= 11 is 0. The van der Waals surface area contributed by atoms with Gasteiger partial charge in [-0.3, -0.25) is 0 Å². The van der Waals surface area contributed by atoms with Gasteiger partial charge in [-0.25, -0.2) is 13.2 Å². The maximum atomic E-state index is 12.3. The van der Waals surface area contributed by atoms with Crippen molar-refractivity contribution < 1.29 is 22.7 Å². The number of hydrogen-bond acceptors (Lipinski definition) is 5. The zero-order valence-electron chi connectivity index (χ0n) is 12.1. The van der Waals surface area contributed by atoms with Gasteiger partial charge in [0.2, 0.25) is 0 Å². The molecule has 1 saturated heterocycles. The van der Waals surface area contributed by atoms with Gasteiger partial charge >= 0.3 is 5.97 Å². The number of benzene rings is 1. The molecular formula is C15H18O5S. The number of carbonyl (C=O) groups is 1. The van der Waals surface area contributed by atoms with Crippen LogP contribution < -0.4 is 0 Å². The van der Waals surface area contributed by atoms with Gasteiger partial charge in [-0.15, -0.1) is 0 Å². The molecule has 1 aromatic carbocycles. The summed E-state index contributed by atoms with van der Waals surface area (Å²) in [5.74, 6) is -0.410. The van der Waals surface area contributed by atoms with Gasteiger partial charge in [0.1, 0.15) is 5.60 Å². The number of ether oxygens (including phenoxy) is 2. The molecule has 1 aromatic rings. The van der Waals surface area contributed by atoms with Crippen molar-refractivity contribution in [3.05, 3.63) is 29.8 Å². The van der Waals surface area contributed by atoms with Crippen molar-refractivity contribution in [1.82, 2.24) is 0 Å². The Labute approximate surface area is 124 Å². The van der Waals surface area contributed by atoms with E-state index in [0.29, 0.717) is 18.4 Å². The van der Waals surface area contributed by atoms with E-state index < -0.39 is 27.0 Å². The van der Waals surface area contributed by atoms with Crippen LogP contribution in [-0.4, -0.2) is 32.3 Å². The maximum Gasteiger partial charge on any atom is 0.341 e. The number of epoxide rings is 1. The second-order valence-corrected chi connectivity index (χ2v) is 7.47. The molecule has 2 heterocycles. The number of sulfone groups is 1. The van der Waals surface area contributed by atoms with Crippen LogP contribution in [-0.2, 0) is 29.7 Å². The van der Waals surface area contributed by atoms with E-state index in [0.717, 1.165) is 0 Å². The summed E-state index contributed by atoms with van der Waals surface area (Å²) in [6, 6.07) is 6.78. The molecule has 6 heteroatoms. The van der Waals surface area contributed by atoms with Crippen molar-refractivity contribution in [3.63, 3.8) is 0 Å². The molecule has 2 aliphatic rings. The van der Waals surface area contributed by atoms with Crippen LogP contribution in [0.3, 0.4) is 0 Å². The Morgan fingerprint density at radius 1 is 1.33 bits per heavy atom. The predicted octanol–water partition coefficient (Wildman–Crippen LogP) is 1.80. The summed E-state index contributed by atoms with van der Waals surface area (Å²) in [5, 5.41) is 0. The SMILES string of the molecule is CCOC(=O)C1(CC)OC12CCS(=O)(=O)c1ccccc12. The van der Waals surface area contributed by atoms with Gasteiger partial charge in [0.05, 0.1) is 17.3 Å². The van der Waals surface area contributed by atoms with E-state index in [-0.39, 0.29) is 17.3 Å². The fraction of sp³-hybridized carbons (Fsp3) is 0.533. The van der Waals surface area contributed by atoms with Crippen LogP contribution in [0.15, 0.2) is 29.2 Å². The van der Waals surface area contributed by atoms with Crippen LogP contribution in [0.4, 0.5) is 0 Å². The molecule has 0 N–H and O–H groups in total. The molecule has 0 amide bonds. The minimum absolute atomic E-state index is 0.00876. The molecule has 1 spiro atoms. The average Bonchev–Trinajstić information content (AvgIpc) is 3.15. The van der Waals surface area contributed by atoms with Gasteiger partial charge < -0.3 is 9.47 Å². The van der Waals surface area contributed by atoms with Crippen LogP contribution in [0.1, 0.15) is 32.3 Å². The quantitative estimate of drug-likeness (QED) is 0.629. The lowest BCUT2D eigenvalue weighted by Gasteiger charge is -2.25. The third-order valence-electron chi connectivity index (χ3n) is 4.44. The molecule has 0 radical (unpaired) electrons. The highest BCUT2D eigenvalue weighted by atomic mass is 32.2. The minimum Gasteiger partial charge on any atom is -0.464 e. The van der Waals surface area contributed by atoms with Gasteiger partial charge in [-0.1, -0.05) is 25.1 Å². The lowest BCUT2D eigenvalue weighted by atomic mass is 9.82. The highest BCUT2D eigenvalue weighted by Gasteiger charge is 2.76. The summed E-state index contributed by atoms with van der Waals surface area (Å²) in [6.45, 7) is 3.88. The minimum atomic E-state index is -3.30. The second-order valence-electron chi connectivity index (χ2n) is 5.40. The number of carbonyl (C=O) groups excluding carboxylic acids is 1. The van der Waals surface area contributed by atoms with Crippen molar-refractivity contribution >= 4 is 15.8 Å². The van der Waals surface area contributed by atoms with Crippen LogP contribution in [0.5, 0.6) is 0 Å². The summed E-state index contributed by atoms with van der Waals surface area (Å²) in [6.07, 6.45) is 0.749. The molecule has 0 saturated carbocycles. The lowest BCUT2D eigenvalue weighted by molar-refractivity contribution is -0.149. The third-order valence-corrected chi connectivity index (χ3v) is 6.21. The average molecular weight is 310 g/mol. The summed E-state index contributed by atoms with van der Waals surface area (Å²) in [5.41, 5.74) is -1.31. The Bertz CT molecular complexity index is 696. The van der Waals surface area contributed by atoms with E-state index in [1.807, 2.05) is 6.92 Å². The van der Waals surface area contributed by atoms with Gasteiger partial charge in [0.15, 0.2) is 15.4 Å². The summed E-state index contributed by atoms with van der Waals surface area (Å²) < 4.78 is 35.4. The first kappa shape index (κ1) is 14.5. The molecule has 21 heavy (non-hydrogen) atoms. The molecule has 2 atom stereocenters. The molecule has 0 bridgehead atoms. The zero-order valence-corrected chi connectivity index (χ0v) is 12.9. The lowest BCUT2D eigenvalue weighted by Crippen LogP contribution is -2.38.